The molecule has 5 aromatic carbocycles. The molecule has 0 fully saturated rings. The Balaban J connectivity index is 1.36. The third-order valence-electron chi connectivity index (χ3n) is 8.65. The zero-order valence-corrected chi connectivity index (χ0v) is 24.4. The highest BCUT2D eigenvalue weighted by Crippen LogP contribution is 2.38. The van der Waals surface area contributed by atoms with E-state index in [0.717, 1.165) is 55.5 Å². The van der Waals surface area contributed by atoms with Gasteiger partial charge in [0, 0.05) is 45.8 Å². The Morgan fingerprint density at radius 3 is 1.91 bits per heavy atom. The maximum absolute atomic E-state index is 7.07. The molecular formula is C39H31N5. The molecule has 0 saturated carbocycles. The van der Waals surface area contributed by atoms with Gasteiger partial charge in [0.05, 0.1) is 27.9 Å². The van der Waals surface area contributed by atoms with Crippen LogP contribution < -0.4 is 5.73 Å². The SMILES string of the molecule is CC(c1ccccc1)c1c(N=C(N)n2c3ccccc3c3ccc4c(ccn4-c4ccccc4)c32)ccn1-c1ccccc1. The molecule has 0 radical (unpaired) electrons. The summed E-state index contributed by atoms with van der Waals surface area (Å²) in [5.74, 6) is 0.520. The van der Waals surface area contributed by atoms with Crippen LogP contribution in [0.4, 0.5) is 5.69 Å². The molecule has 0 saturated heterocycles. The molecule has 44 heavy (non-hydrogen) atoms. The zero-order valence-electron chi connectivity index (χ0n) is 24.4. The van der Waals surface area contributed by atoms with Crippen molar-refractivity contribution in [3.05, 3.63) is 163 Å². The maximum Gasteiger partial charge on any atom is 0.205 e. The van der Waals surface area contributed by atoms with E-state index in [0.29, 0.717) is 5.96 Å². The van der Waals surface area contributed by atoms with Crippen LogP contribution in [0.5, 0.6) is 0 Å². The van der Waals surface area contributed by atoms with Gasteiger partial charge in [0.1, 0.15) is 0 Å². The molecule has 0 aliphatic rings. The first-order valence-electron chi connectivity index (χ1n) is 14.9. The van der Waals surface area contributed by atoms with Crippen LogP contribution in [-0.2, 0) is 0 Å². The number of rotatable bonds is 5. The predicted molar refractivity (Wildman–Crippen MR) is 183 cm³/mol. The molecule has 2 N–H and O–H groups in total. The molecule has 0 aliphatic heterocycles. The summed E-state index contributed by atoms with van der Waals surface area (Å²) in [5.41, 5.74) is 15.6. The lowest BCUT2D eigenvalue weighted by atomic mass is 9.96. The number of hydrogen-bond donors (Lipinski definition) is 1. The lowest BCUT2D eigenvalue weighted by Gasteiger charge is -2.18. The zero-order chi connectivity index (χ0) is 29.6. The smallest absolute Gasteiger partial charge is 0.205 e. The van der Waals surface area contributed by atoms with Crippen molar-refractivity contribution in [3.63, 3.8) is 0 Å². The molecule has 8 rings (SSSR count). The Morgan fingerprint density at radius 2 is 1.18 bits per heavy atom. The highest BCUT2D eigenvalue weighted by molar-refractivity contribution is 6.21. The number of para-hydroxylation sites is 3. The number of hydrogen-bond acceptors (Lipinski definition) is 1. The molecule has 0 amide bonds. The van der Waals surface area contributed by atoms with E-state index in [4.69, 9.17) is 10.7 Å². The average Bonchev–Trinajstić information content (AvgIpc) is 3.79. The summed E-state index contributed by atoms with van der Waals surface area (Å²) in [6.45, 7) is 2.23. The normalized spacial score (nSPS) is 12.8. The number of aromatic nitrogens is 3. The summed E-state index contributed by atoms with van der Waals surface area (Å²) in [4.78, 5) is 5.20. The van der Waals surface area contributed by atoms with Gasteiger partial charge in [-0.15, -0.1) is 0 Å². The molecule has 3 aromatic heterocycles. The predicted octanol–water partition coefficient (Wildman–Crippen LogP) is 9.18. The first kappa shape index (κ1) is 25.9. The molecule has 0 bridgehead atoms. The van der Waals surface area contributed by atoms with Crippen molar-refractivity contribution in [1.82, 2.24) is 13.7 Å². The number of nitrogens with two attached hydrogens (primary N) is 1. The van der Waals surface area contributed by atoms with Gasteiger partial charge < -0.3 is 14.9 Å². The van der Waals surface area contributed by atoms with E-state index < -0.39 is 0 Å². The van der Waals surface area contributed by atoms with Crippen LogP contribution in [0.25, 0.3) is 44.1 Å². The second-order valence-electron chi connectivity index (χ2n) is 11.2. The van der Waals surface area contributed by atoms with Crippen LogP contribution in [0, 0.1) is 0 Å². The minimum atomic E-state index is 0.0858. The summed E-state index contributed by atoms with van der Waals surface area (Å²) in [6.07, 6.45) is 4.23. The van der Waals surface area contributed by atoms with Gasteiger partial charge in [-0.2, -0.15) is 0 Å². The highest BCUT2D eigenvalue weighted by atomic mass is 15.2. The molecular weight excluding hydrogens is 538 g/mol. The summed E-state index contributed by atoms with van der Waals surface area (Å²) in [7, 11) is 0. The Morgan fingerprint density at radius 1 is 0.568 bits per heavy atom. The Labute approximate surface area is 255 Å². The van der Waals surface area contributed by atoms with Gasteiger partial charge in [-0.25, -0.2) is 4.99 Å². The first-order valence-corrected chi connectivity index (χ1v) is 14.9. The summed E-state index contributed by atoms with van der Waals surface area (Å²) in [6, 6.07) is 48.5. The van der Waals surface area contributed by atoms with E-state index in [9.17, 15) is 0 Å². The Bertz CT molecular complexity index is 2290. The van der Waals surface area contributed by atoms with Crippen LogP contribution in [0.1, 0.15) is 24.1 Å². The topological polar surface area (TPSA) is 53.2 Å². The van der Waals surface area contributed by atoms with Crippen molar-refractivity contribution in [1.29, 1.82) is 0 Å². The van der Waals surface area contributed by atoms with Gasteiger partial charge in [0.25, 0.3) is 0 Å². The Hall–Kier alpha value is -5.81. The molecule has 0 aliphatic carbocycles. The van der Waals surface area contributed by atoms with Crippen molar-refractivity contribution in [2.24, 2.45) is 10.7 Å². The lowest BCUT2D eigenvalue weighted by molar-refractivity contribution is 0.827. The fraction of sp³-hybridized carbons (Fsp3) is 0.0513. The third kappa shape index (κ3) is 4.13. The average molecular weight is 570 g/mol. The van der Waals surface area contributed by atoms with Crippen LogP contribution in [0.2, 0.25) is 0 Å². The summed E-state index contributed by atoms with van der Waals surface area (Å²) in [5, 5.41) is 3.42. The molecule has 1 atom stereocenters. The van der Waals surface area contributed by atoms with Gasteiger partial charge in [-0.05, 0) is 54.1 Å². The molecule has 0 spiro atoms. The van der Waals surface area contributed by atoms with Gasteiger partial charge in [0.15, 0.2) is 0 Å². The fourth-order valence-electron chi connectivity index (χ4n) is 6.57. The van der Waals surface area contributed by atoms with E-state index in [1.165, 1.54) is 5.56 Å². The lowest BCUT2D eigenvalue weighted by Crippen LogP contribution is -2.22. The maximum atomic E-state index is 7.07. The van der Waals surface area contributed by atoms with Gasteiger partial charge >= 0.3 is 0 Å². The van der Waals surface area contributed by atoms with E-state index in [1.54, 1.807) is 0 Å². The van der Waals surface area contributed by atoms with Crippen molar-refractivity contribution < 1.29 is 0 Å². The number of fused-ring (bicyclic) bond motifs is 5. The summed E-state index contributed by atoms with van der Waals surface area (Å²) >= 11 is 0. The molecule has 1 unspecified atom stereocenters. The molecule has 5 nitrogen and oxygen atoms in total. The molecule has 3 heterocycles. The number of aliphatic imine (C=N–C) groups is 1. The Kier molecular flexibility index (Phi) is 6.16. The van der Waals surface area contributed by atoms with Crippen LogP contribution in [0.15, 0.2) is 157 Å². The van der Waals surface area contributed by atoms with Crippen LogP contribution in [-0.4, -0.2) is 19.7 Å². The van der Waals surface area contributed by atoms with Crippen LogP contribution >= 0.6 is 0 Å². The minimum Gasteiger partial charge on any atom is -0.369 e. The van der Waals surface area contributed by atoms with Crippen molar-refractivity contribution in [3.8, 4) is 11.4 Å². The molecule has 8 aromatic rings. The van der Waals surface area contributed by atoms with E-state index in [2.05, 4.69) is 160 Å². The minimum absolute atomic E-state index is 0.0858. The quantitative estimate of drug-likeness (QED) is 0.163. The standard InChI is InChI=1S/C39H31N5/c1-27(28-13-5-2-6-14-28)37-34(24-26-43(37)30-17-9-4-10-18-30)41-39(40)44-36-20-12-11-19-31(36)32-21-22-35-33(38(32)44)23-25-42(35)29-15-7-3-8-16-29/h2-27H,1H3,(H2,40,41). The monoisotopic (exact) mass is 569 g/mol. The largest absolute Gasteiger partial charge is 0.369 e. The van der Waals surface area contributed by atoms with Gasteiger partial charge in [-0.3, -0.25) is 4.57 Å². The van der Waals surface area contributed by atoms with E-state index >= 15 is 0 Å². The summed E-state index contributed by atoms with van der Waals surface area (Å²) < 4.78 is 6.58. The van der Waals surface area contributed by atoms with Crippen molar-refractivity contribution >= 4 is 44.4 Å². The third-order valence-corrected chi connectivity index (χ3v) is 8.65. The van der Waals surface area contributed by atoms with E-state index in [1.807, 2.05) is 12.1 Å². The van der Waals surface area contributed by atoms with Gasteiger partial charge in [-0.1, -0.05) is 97.9 Å². The number of nitrogens with zero attached hydrogens (tertiary/aromatic N) is 4. The van der Waals surface area contributed by atoms with Gasteiger partial charge in [0.2, 0.25) is 5.96 Å². The molecule has 5 heteroatoms. The fourth-order valence-corrected chi connectivity index (χ4v) is 6.57. The first-order chi connectivity index (χ1) is 21.7. The van der Waals surface area contributed by atoms with Crippen molar-refractivity contribution in [2.75, 3.05) is 0 Å². The van der Waals surface area contributed by atoms with Crippen molar-refractivity contribution in [2.45, 2.75) is 12.8 Å². The van der Waals surface area contributed by atoms with E-state index in [-0.39, 0.29) is 5.92 Å². The number of benzene rings is 5. The second-order valence-corrected chi connectivity index (χ2v) is 11.2. The molecule has 212 valence electrons. The highest BCUT2D eigenvalue weighted by Gasteiger charge is 2.21. The van der Waals surface area contributed by atoms with Crippen LogP contribution in [0.3, 0.4) is 0 Å². The second kappa shape index (κ2) is 10.5.